The van der Waals surface area contributed by atoms with Crippen LogP contribution in [0.15, 0.2) is 24.3 Å². The molecule has 0 spiro atoms. The number of nitrogens with one attached hydrogen (secondary N) is 1. The van der Waals surface area contributed by atoms with Gasteiger partial charge >= 0.3 is 0 Å². The van der Waals surface area contributed by atoms with E-state index < -0.39 is 0 Å². The van der Waals surface area contributed by atoms with Crippen molar-refractivity contribution in [1.82, 2.24) is 9.55 Å². The van der Waals surface area contributed by atoms with E-state index in [9.17, 15) is 5.11 Å². The van der Waals surface area contributed by atoms with Crippen molar-refractivity contribution in [3.8, 4) is 0 Å². The van der Waals surface area contributed by atoms with Gasteiger partial charge in [-0.25, -0.2) is 4.98 Å². The molecule has 0 saturated carbocycles. The minimum absolute atomic E-state index is 0.0329. The summed E-state index contributed by atoms with van der Waals surface area (Å²) < 4.78 is 2.01. The lowest BCUT2D eigenvalue weighted by atomic mass is 10.1. The Hall–Kier alpha value is -1.55. The van der Waals surface area contributed by atoms with Crippen LogP contribution in [-0.4, -0.2) is 27.3 Å². The number of nitrogens with zero attached hydrogens (tertiary/aromatic N) is 2. The average Bonchev–Trinajstić information content (AvgIpc) is 2.63. The van der Waals surface area contributed by atoms with E-state index in [-0.39, 0.29) is 12.6 Å². The molecule has 0 aliphatic heterocycles. The molecule has 0 saturated heterocycles. The SMILES string of the molecule is CC(C)C(CO)Nc1nc2ccccc2n1C. The van der Waals surface area contributed by atoms with E-state index in [2.05, 4.69) is 24.1 Å². The van der Waals surface area contributed by atoms with Crippen molar-refractivity contribution in [2.45, 2.75) is 19.9 Å². The predicted octanol–water partition coefficient (Wildman–Crippen LogP) is 2.00. The minimum Gasteiger partial charge on any atom is -0.394 e. The monoisotopic (exact) mass is 233 g/mol. The zero-order valence-corrected chi connectivity index (χ0v) is 10.5. The fourth-order valence-electron chi connectivity index (χ4n) is 1.86. The Balaban J connectivity index is 2.33. The molecular formula is C13H19N3O. The van der Waals surface area contributed by atoms with Crippen molar-refractivity contribution < 1.29 is 5.11 Å². The zero-order valence-electron chi connectivity index (χ0n) is 10.5. The summed E-state index contributed by atoms with van der Waals surface area (Å²) in [7, 11) is 1.98. The number of aliphatic hydroxyl groups excluding tert-OH is 1. The molecule has 1 unspecified atom stereocenters. The lowest BCUT2D eigenvalue weighted by molar-refractivity contribution is 0.248. The van der Waals surface area contributed by atoms with Gasteiger partial charge in [-0.15, -0.1) is 0 Å². The van der Waals surface area contributed by atoms with Crippen molar-refractivity contribution in [1.29, 1.82) is 0 Å². The van der Waals surface area contributed by atoms with Gasteiger partial charge in [-0.05, 0) is 18.1 Å². The van der Waals surface area contributed by atoms with Gasteiger partial charge in [-0.2, -0.15) is 0 Å². The second kappa shape index (κ2) is 4.75. The molecule has 0 fully saturated rings. The van der Waals surface area contributed by atoms with Gasteiger partial charge in [0.1, 0.15) is 0 Å². The lowest BCUT2D eigenvalue weighted by Gasteiger charge is -2.20. The van der Waals surface area contributed by atoms with Crippen LogP contribution in [0.1, 0.15) is 13.8 Å². The van der Waals surface area contributed by atoms with Gasteiger partial charge in [-0.3, -0.25) is 0 Å². The van der Waals surface area contributed by atoms with Gasteiger partial charge in [0, 0.05) is 7.05 Å². The Bertz CT molecular complexity index is 504. The largest absolute Gasteiger partial charge is 0.394 e. The molecule has 2 N–H and O–H groups in total. The van der Waals surface area contributed by atoms with Crippen molar-refractivity contribution in [3.63, 3.8) is 0 Å². The maximum atomic E-state index is 9.32. The third-order valence-corrected chi connectivity index (χ3v) is 3.10. The van der Waals surface area contributed by atoms with Gasteiger partial charge in [0.25, 0.3) is 0 Å². The molecule has 2 aromatic rings. The van der Waals surface area contributed by atoms with Crippen LogP contribution < -0.4 is 5.32 Å². The fourth-order valence-corrected chi connectivity index (χ4v) is 1.86. The molecule has 0 amide bonds. The Morgan fingerprint density at radius 2 is 2.06 bits per heavy atom. The number of anilines is 1. The summed E-state index contributed by atoms with van der Waals surface area (Å²) in [5, 5.41) is 12.6. The van der Waals surface area contributed by atoms with Crippen molar-refractivity contribution >= 4 is 17.0 Å². The first-order chi connectivity index (χ1) is 8.13. The third-order valence-electron chi connectivity index (χ3n) is 3.10. The molecule has 0 aliphatic rings. The molecule has 92 valence electrons. The van der Waals surface area contributed by atoms with E-state index in [1.807, 2.05) is 35.9 Å². The fraction of sp³-hybridized carbons (Fsp3) is 0.462. The summed E-state index contributed by atoms with van der Waals surface area (Å²) in [6.45, 7) is 4.27. The quantitative estimate of drug-likeness (QED) is 0.849. The molecule has 1 aromatic heterocycles. The summed E-state index contributed by atoms with van der Waals surface area (Å²) in [5.74, 6) is 1.17. The van der Waals surface area contributed by atoms with Crippen molar-refractivity contribution in [3.05, 3.63) is 24.3 Å². The van der Waals surface area contributed by atoms with Crippen LogP contribution in [0.25, 0.3) is 11.0 Å². The smallest absolute Gasteiger partial charge is 0.203 e. The number of aliphatic hydroxyl groups is 1. The second-order valence-electron chi connectivity index (χ2n) is 4.66. The standard InChI is InChI=1S/C13H19N3O/c1-9(2)11(8-17)15-13-14-10-6-4-5-7-12(10)16(13)3/h4-7,9,11,17H,8H2,1-3H3,(H,14,15). The molecule has 4 nitrogen and oxygen atoms in total. The normalized spacial score (nSPS) is 13.2. The molecule has 1 atom stereocenters. The van der Waals surface area contributed by atoms with E-state index in [0.717, 1.165) is 17.0 Å². The average molecular weight is 233 g/mol. The van der Waals surface area contributed by atoms with E-state index >= 15 is 0 Å². The number of fused-ring (bicyclic) bond motifs is 1. The maximum Gasteiger partial charge on any atom is 0.203 e. The summed E-state index contributed by atoms with van der Waals surface area (Å²) in [6.07, 6.45) is 0. The van der Waals surface area contributed by atoms with Gasteiger partial charge in [0.15, 0.2) is 0 Å². The second-order valence-corrected chi connectivity index (χ2v) is 4.66. The van der Waals surface area contributed by atoms with E-state index in [4.69, 9.17) is 0 Å². The third kappa shape index (κ3) is 2.26. The number of rotatable bonds is 4. The Labute approximate surface area is 101 Å². The molecule has 2 rings (SSSR count). The minimum atomic E-state index is 0.0329. The molecule has 17 heavy (non-hydrogen) atoms. The maximum absolute atomic E-state index is 9.32. The highest BCUT2D eigenvalue weighted by atomic mass is 16.3. The Kier molecular flexibility index (Phi) is 3.33. The van der Waals surface area contributed by atoms with Crippen LogP contribution in [0.5, 0.6) is 0 Å². The summed E-state index contributed by atoms with van der Waals surface area (Å²) in [4.78, 5) is 4.52. The summed E-state index contributed by atoms with van der Waals surface area (Å²) in [5.41, 5.74) is 2.06. The number of hydrogen-bond acceptors (Lipinski definition) is 3. The van der Waals surface area contributed by atoms with Crippen molar-refractivity contribution in [2.75, 3.05) is 11.9 Å². The number of para-hydroxylation sites is 2. The number of aromatic nitrogens is 2. The lowest BCUT2D eigenvalue weighted by Crippen LogP contribution is -2.30. The van der Waals surface area contributed by atoms with Gasteiger partial charge in [0.05, 0.1) is 23.7 Å². The zero-order chi connectivity index (χ0) is 12.4. The van der Waals surface area contributed by atoms with Gasteiger partial charge in [-0.1, -0.05) is 26.0 Å². The van der Waals surface area contributed by atoms with Crippen LogP contribution in [0.4, 0.5) is 5.95 Å². The summed E-state index contributed by atoms with van der Waals surface area (Å²) in [6, 6.07) is 8.04. The number of imidazole rings is 1. The number of hydrogen-bond donors (Lipinski definition) is 2. The van der Waals surface area contributed by atoms with Crippen LogP contribution in [0.3, 0.4) is 0 Å². The Morgan fingerprint density at radius 1 is 1.35 bits per heavy atom. The number of benzene rings is 1. The molecule has 1 aromatic carbocycles. The first-order valence-electron chi connectivity index (χ1n) is 5.92. The topological polar surface area (TPSA) is 50.1 Å². The van der Waals surface area contributed by atoms with Crippen molar-refractivity contribution in [2.24, 2.45) is 13.0 Å². The predicted molar refractivity (Wildman–Crippen MR) is 70.0 cm³/mol. The van der Waals surface area contributed by atoms with Gasteiger partial charge < -0.3 is 15.0 Å². The molecule has 0 aliphatic carbocycles. The molecular weight excluding hydrogens is 214 g/mol. The first kappa shape index (κ1) is 11.9. The van der Waals surface area contributed by atoms with Crippen LogP contribution >= 0.6 is 0 Å². The molecule has 4 heteroatoms. The van der Waals surface area contributed by atoms with E-state index in [1.165, 1.54) is 0 Å². The van der Waals surface area contributed by atoms with Crippen LogP contribution in [0.2, 0.25) is 0 Å². The van der Waals surface area contributed by atoms with Crippen LogP contribution in [-0.2, 0) is 7.05 Å². The Morgan fingerprint density at radius 3 is 2.65 bits per heavy atom. The van der Waals surface area contributed by atoms with Gasteiger partial charge in [0.2, 0.25) is 5.95 Å². The highest BCUT2D eigenvalue weighted by Gasteiger charge is 2.15. The highest BCUT2D eigenvalue weighted by molar-refractivity contribution is 5.78. The van der Waals surface area contributed by atoms with Crippen LogP contribution in [0, 0.1) is 5.92 Å². The van der Waals surface area contributed by atoms with E-state index in [1.54, 1.807) is 0 Å². The molecule has 0 bridgehead atoms. The van der Waals surface area contributed by atoms with E-state index in [0.29, 0.717) is 5.92 Å². The highest BCUT2D eigenvalue weighted by Crippen LogP contribution is 2.19. The first-order valence-corrected chi connectivity index (χ1v) is 5.92. The number of aryl methyl sites for hydroxylation is 1. The molecule has 0 radical (unpaired) electrons. The summed E-state index contributed by atoms with van der Waals surface area (Å²) >= 11 is 0. The molecule has 1 heterocycles.